The second-order valence-corrected chi connectivity index (χ2v) is 12.2. The van der Waals surface area contributed by atoms with E-state index in [1.165, 1.54) is 23.6 Å². The van der Waals surface area contributed by atoms with Crippen LogP contribution in [-0.4, -0.2) is 49.5 Å². The first-order chi connectivity index (χ1) is 14.2. The summed E-state index contributed by atoms with van der Waals surface area (Å²) in [6.45, 7) is 4.47. The highest BCUT2D eigenvalue weighted by atomic mass is 32.2. The number of hydrogen-bond donors (Lipinski definition) is 1. The highest BCUT2D eigenvalue weighted by Crippen LogP contribution is 2.55. The molecule has 1 N–H and O–H groups in total. The number of benzene rings is 1. The van der Waals surface area contributed by atoms with Crippen molar-refractivity contribution < 1.29 is 17.9 Å². The highest BCUT2D eigenvalue weighted by Gasteiger charge is 2.51. The number of carbonyl (C=O) groups is 1. The van der Waals surface area contributed by atoms with Crippen molar-refractivity contribution in [2.75, 3.05) is 13.1 Å². The largest absolute Gasteiger partial charge is 0.373 e. The third-order valence-electron chi connectivity index (χ3n) is 7.56. The fraction of sp³-hybridized carbons (Fsp3) is 0.696. The Bertz CT molecular complexity index is 882. The SMILES string of the molecule is C[C@@H]1CN(S(=O)(=O)c2ccc(C(=O)NC34CC5CC(CC(C5)C3)C4)cc2)C[C@H](C)O1. The van der Waals surface area contributed by atoms with Crippen LogP contribution in [0.1, 0.15) is 62.7 Å². The zero-order valence-corrected chi connectivity index (χ0v) is 18.7. The van der Waals surface area contributed by atoms with Crippen LogP contribution in [0, 0.1) is 17.8 Å². The molecule has 1 amide bonds. The number of morpholine rings is 1. The van der Waals surface area contributed by atoms with Crippen molar-refractivity contribution in [3.63, 3.8) is 0 Å². The van der Waals surface area contributed by atoms with Crippen molar-refractivity contribution in [2.45, 2.75) is 75.0 Å². The van der Waals surface area contributed by atoms with Crippen LogP contribution in [0.3, 0.4) is 0 Å². The van der Waals surface area contributed by atoms with Crippen molar-refractivity contribution in [1.82, 2.24) is 9.62 Å². The summed E-state index contributed by atoms with van der Waals surface area (Å²) in [7, 11) is -3.59. The zero-order chi connectivity index (χ0) is 21.1. The van der Waals surface area contributed by atoms with Gasteiger partial charge < -0.3 is 10.1 Å². The first kappa shape index (κ1) is 20.5. The average molecular weight is 433 g/mol. The van der Waals surface area contributed by atoms with Gasteiger partial charge in [-0.25, -0.2) is 8.42 Å². The van der Waals surface area contributed by atoms with Gasteiger partial charge in [-0.3, -0.25) is 4.79 Å². The van der Waals surface area contributed by atoms with Crippen LogP contribution in [-0.2, 0) is 14.8 Å². The molecule has 1 aromatic rings. The molecular weight excluding hydrogens is 400 g/mol. The van der Waals surface area contributed by atoms with Crippen molar-refractivity contribution in [1.29, 1.82) is 0 Å². The maximum atomic E-state index is 13.0. The van der Waals surface area contributed by atoms with Crippen LogP contribution in [0.15, 0.2) is 29.2 Å². The average Bonchev–Trinajstić information content (AvgIpc) is 2.66. The van der Waals surface area contributed by atoms with Crippen LogP contribution in [0.2, 0.25) is 0 Å². The molecular formula is C23H32N2O4S. The summed E-state index contributed by atoms with van der Waals surface area (Å²) >= 11 is 0. The maximum Gasteiger partial charge on any atom is 0.251 e. The quantitative estimate of drug-likeness (QED) is 0.793. The van der Waals surface area contributed by atoms with E-state index in [0.29, 0.717) is 18.7 Å². The molecule has 1 aromatic carbocycles. The molecule has 4 saturated carbocycles. The van der Waals surface area contributed by atoms with Gasteiger partial charge in [0.05, 0.1) is 17.1 Å². The molecule has 1 saturated heterocycles. The van der Waals surface area contributed by atoms with Gasteiger partial charge in [-0.15, -0.1) is 0 Å². The molecule has 0 aromatic heterocycles. The van der Waals surface area contributed by atoms with Gasteiger partial charge >= 0.3 is 0 Å². The summed E-state index contributed by atoms with van der Waals surface area (Å²) in [5.41, 5.74) is 0.491. The molecule has 164 valence electrons. The molecule has 2 atom stereocenters. The van der Waals surface area contributed by atoms with Crippen LogP contribution in [0.25, 0.3) is 0 Å². The van der Waals surface area contributed by atoms with E-state index in [-0.39, 0.29) is 28.5 Å². The molecule has 4 aliphatic carbocycles. The number of sulfonamides is 1. The number of hydrogen-bond acceptors (Lipinski definition) is 4. The van der Waals surface area contributed by atoms with Gasteiger partial charge in [0, 0.05) is 24.2 Å². The summed E-state index contributed by atoms with van der Waals surface area (Å²) in [5, 5.41) is 3.36. The number of nitrogens with zero attached hydrogens (tertiary/aromatic N) is 1. The third kappa shape index (κ3) is 3.69. The van der Waals surface area contributed by atoms with E-state index >= 15 is 0 Å². The minimum Gasteiger partial charge on any atom is -0.373 e. The number of nitrogens with one attached hydrogen (secondary N) is 1. The van der Waals surface area contributed by atoms with Crippen molar-refractivity contribution >= 4 is 15.9 Å². The molecule has 6 rings (SSSR count). The molecule has 0 spiro atoms. The van der Waals surface area contributed by atoms with E-state index in [1.807, 2.05) is 13.8 Å². The Morgan fingerprint density at radius 1 is 0.967 bits per heavy atom. The standard InChI is InChI=1S/C23H32N2O4S/c1-15-13-25(14-16(2)29-15)30(27,28)21-5-3-20(4-6-21)22(26)24-23-10-17-7-18(11-23)9-19(8-17)12-23/h3-6,15-19H,7-14H2,1-2H3,(H,24,26)/t15-,16+,17?,18?,19?,23?. The Balaban J connectivity index is 1.30. The second-order valence-electron chi connectivity index (χ2n) is 10.3. The molecule has 5 fully saturated rings. The van der Waals surface area contributed by atoms with Gasteiger partial charge in [0.15, 0.2) is 0 Å². The summed E-state index contributed by atoms with van der Waals surface area (Å²) < 4.78 is 33.2. The number of carbonyl (C=O) groups excluding carboxylic acids is 1. The van der Waals surface area contributed by atoms with Crippen molar-refractivity contribution in [3.8, 4) is 0 Å². The minimum atomic E-state index is -3.59. The number of ether oxygens (including phenoxy) is 1. The molecule has 4 bridgehead atoms. The fourth-order valence-corrected chi connectivity index (χ4v) is 8.42. The highest BCUT2D eigenvalue weighted by molar-refractivity contribution is 7.89. The van der Waals surface area contributed by atoms with Crippen LogP contribution in [0.4, 0.5) is 0 Å². The topological polar surface area (TPSA) is 75.7 Å². The summed E-state index contributed by atoms with van der Waals surface area (Å²) in [5.74, 6) is 2.22. The first-order valence-electron chi connectivity index (χ1n) is 11.3. The van der Waals surface area contributed by atoms with E-state index in [1.54, 1.807) is 24.3 Å². The smallest absolute Gasteiger partial charge is 0.251 e. The summed E-state index contributed by atoms with van der Waals surface area (Å²) in [6.07, 6.45) is 7.05. The molecule has 0 unspecified atom stereocenters. The Morgan fingerprint density at radius 3 is 1.97 bits per heavy atom. The monoisotopic (exact) mass is 432 g/mol. The van der Waals surface area contributed by atoms with Gasteiger partial charge in [0.1, 0.15) is 0 Å². The third-order valence-corrected chi connectivity index (χ3v) is 9.40. The second kappa shape index (κ2) is 7.31. The van der Waals surface area contributed by atoms with Gasteiger partial charge in [-0.05, 0) is 94.4 Å². The maximum absolute atomic E-state index is 13.0. The van der Waals surface area contributed by atoms with Crippen LogP contribution < -0.4 is 5.32 Å². The van der Waals surface area contributed by atoms with E-state index in [9.17, 15) is 13.2 Å². The first-order valence-corrected chi connectivity index (χ1v) is 12.7. The van der Waals surface area contributed by atoms with E-state index < -0.39 is 10.0 Å². The number of rotatable bonds is 4. The Labute approximate surface area is 179 Å². The van der Waals surface area contributed by atoms with Gasteiger partial charge in [-0.1, -0.05) is 0 Å². The molecule has 30 heavy (non-hydrogen) atoms. The molecule has 1 aliphatic heterocycles. The lowest BCUT2D eigenvalue weighted by molar-refractivity contribution is -0.0440. The minimum absolute atomic E-state index is 0.0450. The lowest BCUT2D eigenvalue weighted by atomic mass is 9.53. The van der Waals surface area contributed by atoms with Crippen molar-refractivity contribution in [3.05, 3.63) is 29.8 Å². The predicted octanol–water partition coefficient (Wildman–Crippen LogP) is 3.18. The molecule has 0 radical (unpaired) electrons. The van der Waals surface area contributed by atoms with Gasteiger partial charge in [-0.2, -0.15) is 4.31 Å². The molecule has 7 heteroatoms. The Kier molecular flexibility index (Phi) is 4.99. The number of amides is 1. The molecule has 5 aliphatic rings. The van der Waals surface area contributed by atoms with Gasteiger partial charge in [0.2, 0.25) is 10.0 Å². The molecule has 6 nitrogen and oxygen atoms in total. The van der Waals surface area contributed by atoms with Gasteiger partial charge in [0.25, 0.3) is 5.91 Å². The summed E-state index contributed by atoms with van der Waals surface area (Å²) in [4.78, 5) is 13.2. The zero-order valence-electron chi connectivity index (χ0n) is 17.8. The Morgan fingerprint density at radius 2 is 1.47 bits per heavy atom. The van der Waals surface area contributed by atoms with E-state index in [4.69, 9.17) is 4.74 Å². The predicted molar refractivity (Wildman–Crippen MR) is 114 cm³/mol. The lowest BCUT2D eigenvalue weighted by Gasteiger charge is -2.56. The van der Waals surface area contributed by atoms with Crippen LogP contribution in [0.5, 0.6) is 0 Å². The molecule has 1 heterocycles. The fourth-order valence-electron chi connectivity index (χ4n) is 6.83. The van der Waals surface area contributed by atoms with Crippen LogP contribution >= 0.6 is 0 Å². The van der Waals surface area contributed by atoms with E-state index in [0.717, 1.165) is 37.0 Å². The van der Waals surface area contributed by atoms with E-state index in [2.05, 4.69) is 5.32 Å². The van der Waals surface area contributed by atoms with Crippen molar-refractivity contribution in [2.24, 2.45) is 17.8 Å². The lowest BCUT2D eigenvalue weighted by Crippen LogP contribution is -2.59. The summed E-state index contributed by atoms with van der Waals surface area (Å²) in [6, 6.07) is 6.43. The Hall–Kier alpha value is -1.44. The normalized spacial score (nSPS) is 38.5.